The molecule has 0 aromatic carbocycles. The molecule has 1 aromatic rings. The molecule has 1 aliphatic heterocycles. The number of rotatable bonds is 3. The summed E-state index contributed by atoms with van der Waals surface area (Å²) in [5.74, 6) is 0.996. The molecule has 0 bridgehead atoms. The Kier molecular flexibility index (Phi) is 4.07. The molecular weight excluding hydrogens is 217 g/mol. The van der Waals surface area contributed by atoms with Crippen molar-refractivity contribution in [3.63, 3.8) is 0 Å². The average Bonchev–Trinajstić information content (AvgIpc) is 2.32. The van der Waals surface area contributed by atoms with Crippen LogP contribution in [0, 0.1) is 17.7 Å². The Labute approximate surface area is 102 Å². The number of piperidine rings is 1. The fourth-order valence-corrected chi connectivity index (χ4v) is 2.48. The van der Waals surface area contributed by atoms with Crippen LogP contribution in [0.5, 0.6) is 0 Å². The first-order valence-electron chi connectivity index (χ1n) is 6.21. The largest absolute Gasteiger partial charge is 0.330 e. The first kappa shape index (κ1) is 12.5. The van der Waals surface area contributed by atoms with Crippen LogP contribution in [0.15, 0.2) is 18.5 Å². The van der Waals surface area contributed by atoms with E-state index in [1.807, 2.05) is 0 Å². The van der Waals surface area contributed by atoms with Crippen molar-refractivity contribution in [2.24, 2.45) is 17.6 Å². The summed E-state index contributed by atoms with van der Waals surface area (Å²) in [5.41, 5.74) is 6.71. The summed E-state index contributed by atoms with van der Waals surface area (Å²) in [6, 6.07) is 1.56. The molecule has 0 saturated carbocycles. The van der Waals surface area contributed by atoms with Gasteiger partial charge in [-0.25, -0.2) is 4.39 Å². The van der Waals surface area contributed by atoms with Crippen LogP contribution in [0.1, 0.15) is 18.9 Å². The van der Waals surface area contributed by atoms with Gasteiger partial charge in [0.2, 0.25) is 0 Å². The summed E-state index contributed by atoms with van der Waals surface area (Å²) in [6.45, 7) is 5.84. The standard InChI is InChI=1S/C13H20FN3/c1-10-2-3-17(9-12(10)5-15)8-11-4-13(14)7-16-6-11/h4,6-7,10,12H,2-3,5,8-9,15H2,1H3. The van der Waals surface area contributed by atoms with Crippen molar-refractivity contribution in [1.29, 1.82) is 0 Å². The predicted molar refractivity (Wildman–Crippen MR) is 65.8 cm³/mol. The molecule has 1 saturated heterocycles. The quantitative estimate of drug-likeness (QED) is 0.869. The van der Waals surface area contributed by atoms with Crippen LogP contribution in [0.25, 0.3) is 0 Å². The van der Waals surface area contributed by atoms with Gasteiger partial charge in [0.15, 0.2) is 0 Å². The van der Waals surface area contributed by atoms with Gasteiger partial charge in [-0.15, -0.1) is 0 Å². The Morgan fingerprint density at radius 2 is 2.35 bits per heavy atom. The number of hydrogen-bond acceptors (Lipinski definition) is 3. The van der Waals surface area contributed by atoms with Crippen molar-refractivity contribution in [2.75, 3.05) is 19.6 Å². The Bertz CT molecular complexity index is 369. The Morgan fingerprint density at radius 3 is 3.06 bits per heavy atom. The maximum atomic E-state index is 13.0. The maximum absolute atomic E-state index is 13.0. The van der Waals surface area contributed by atoms with Gasteiger partial charge < -0.3 is 5.73 Å². The highest BCUT2D eigenvalue weighted by Crippen LogP contribution is 2.23. The molecule has 4 heteroatoms. The van der Waals surface area contributed by atoms with Crippen LogP contribution in [-0.2, 0) is 6.54 Å². The van der Waals surface area contributed by atoms with Crippen molar-refractivity contribution in [2.45, 2.75) is 19.9 Å². The van der Waals surface area contributed by atoms with Crippen molar-refractivity contribution in [1.82, 2.24) is 9.88 Å². The third-order valence-corrected chi connectivity index (χ3v) is 3.67. The number of hydrogen-bond donors (Lipinski definition) is 1. The van der Waals surface area contributed by atoms with E-state index in [1.54, 1.807) is 12.3 Å². The molecular formula is C13H20FN3. The van der Waals surface area contributed by atoms with Crippen LogP contribution < -0.4 is 5.73 Å². The molecule has 17 heavy (non-hydrogen) atoms. The third-order valence-electron chi connectivity index (χ3n) is 3.67. The zero-order valence-electron chi connectivity index (χ0n) is 10.3. The summed E-state index contributed by atoms with van der Waals surface area (Å²) in [4.78, 5) is 6.22. The highest BCUT2D eigenvalue weighted by atomic mass is 19.1. The maximum Gasteiger partial charge on any atom is 0.141 e. The zero-order valence-corrected chi connectivity index (χ0v) is 10.3. The molecule has 3 nitrogen and oxygen atoms in total. The first-order valence-corrected chi connectivity index (χ1v) is 6.21. The number of nitrogens with zero attached hydrogens (tertiary/aromatic N) is 2. The van der Waals surface area contributed by atoms with E-state index in [9.17, 15) is 4.39 Å². The molecule has 0 radical (unpaired) electrons. The molecule has 1 aromatic heterocycles. The molecule has 0 spiro atoms. The van der Waals surface area contributed by atoms with E-state index in [0.717, 1.165) is 31.7 Å². The molecule has 2 N–H and O–H groups in total. The van der Waals surface area contributed by atoms with Gasteiger partial charge in [0.1, 0.15) is 5.82 Å². The SMILES string of the molecule is CC1CCN(Cc2cncc(F)c2)CC1CN. The minimum Gasteiger partial charge on any atom is -0.330 e. The first-order chi connectivity index (χ1) is 8.19. The molecule has 0 aliphatic carbocycles. The fraction of sp³-hybridized carbons (Fsp3) is 0.615. The van der Waals surface area contributed by atoms with Gasteiger partial charge in [-0.3, -0.25) is 9.88 Å². The number of aromatic nitrogens is 1. The minimum absolute atomic E-state index is 0.261. The number of nitrogens with two attached hydrogens (primary N) is 1. The van der Waals surface area contributed by atoms with Gasteiger partial charge >= 0.3 is 0 Å². The van der Waals surface area contributed by atoms with E-state index in [2.05, 4.69) is 16.8 Å². The molecule has 1 aliphatic rings. The smallest absolute Gasteiger partial charge is 0.141 e. The molecule has 2 atom stereocenters. The minimum atomic E-state index is -0.261. The van der Waals surface area contributed by atoms with Gasteiger partial charge in [-0.2, -0.15) is 0 Å². The van der Waals surface area contributed by atoms with E-state index in [1.165, 1.54) is 12.6 Å². The third kappa shape index (κ3) is 3.23. The van der Waals surface area contributed by atoms with Crippen LogP contribution in [0.4, 0.5) is 4.39 Å². The van der Waals surface area contributed by atoms with Gasteiger partial charge in [0, 0.05) is 19.3 Å². The zero-order chi connectivity index (χ0) is 12.3. The second kappa shape index (κ2) is 5.56. The van der Waals surface area contributed by atoms with E-state index in [4.69, 9.17) is 5.73 Å². The molecule has 2 rings (SSSR count). The Balaban J connectivity index is 1.95. The molecule has 1 fully saturated rings. The fourth-order valence-electron chi connectivity index (χ4n) is 2.48. The van der Waals surface area contributed by atoms with Gasteiger partial charge in [0.05, 0.1) is 6.20 Å². The predicted octanol–water partition coefficient (Wildman–Crippen LogP) is 1.64. The molecule has 2 unspecified atom stereocenters. The summed E-state index contributed by atoms with van der Waals surface area (Å²) in [7, 11) is 0. The Morgan fingerprint density at radius 1 is 1.53 bits per heavy atom. The summed E-state index contributed by atoms with van der Waals surface area (Å²) < 4.78 is 13.0. The monoisotopic (exact) mass is 237 g/mol. The summed E-state index contributed by atoms with van der Waals surface area (Å²) >= 11 is 0. The molecule has 94 valence electrons. The van der Waals surface area contributed by atoms with Gasteiger partial charge in [-0.05, 0) is 43.0 Å². The Hall–Kier alpha value is -1.00. The number of pyridine rings is 1. The second-order valence-corrected chi connectivity index (χ2v) is 5.01. The lowest BCUT2D eigenvalue weighted by Gasteiger charge is -2.36. The topological polar surface area (TPSA) is 42.2 Å². The van der Waals surface area contributed by atoms with Crippen molar-refractivity contribution in [3.8, 4) is 0 Å². The molecule has 2 heterocycles. The van der Waals surface area contributed by atoms with E-state index < -0.39 is 0 Å². The van der Waals surface area contributed by atoms with Crippen LogP contribution in [0.3, 0.4) is 0 Å². The van der Waals surface area contributed by atoms with E-state index in [-0.39, 0.29) is 5.82 Å². The van der Waals surface area contributed by atoms with Crippen molar-refractivity contribution >= 4 is 0 Å². The number of likely N-dealkylation sites (tertiary alicyclic amines) is 1. The van der Waals surface area contributed by atoms with Gasteiger partial charge in [0.25, 0.3) is 0 Å². The molecule has 0 amide bonds. The highest BCUT2D eigenvalue weighted by molar-refractivity contribution is 5.10. The lowest BCUT2D eigenvalue weighted by molar-refractivity contribution is 0.126. The lowest BCUT2D eigenvalue weighted by Crippen LogP contribution is -2.42. The normalized spacial score (nSPS) is 26.1. The second-order valence-electron chi connectivity index (χ2n) is 5.01. The van der Waals surface area contributed by atoms with Crippen molar-refractivity contribution < 1.29 is 4.39 Å². The van der Waals surface area contributed by atoms with E-state index >= 15 is 0 Å². The van der Waals surface area contributed by atoms with Crippen molar-refractivity contribution in [3.05, 3.63) is 29.8 Å². The summed E-state index contributed by atoms with van der Waals surface area (Å²) in [6.07, 6.45) is 4.15. The lowest BCUT2D eigenvalue weighted by atomic mass is 9.87. The van der Waals surface area contributed by atoms with Crippen LogP contribution >= 0.6 is 0 Å². The average molecular weight is 237 g/mol. The summed E-state index contributed by atoms with van der Waals surface area (Å²) in [5, 5.41) is 0. The van der Waals surface area contributed by atoms with Gasteiger partial charge in [-0.1, -0.05) is 6.92 Å². The van der Waals surface area contributed by atoms with E-state index in [0.29, 0.717) is 11.8 Å². The van der Waals surface area contributed by atoms with Crippen LogP contribution in [-0.4, -0.2) is 29.5 Å². The number of halogens is 1. The van der Waals surface area contributed by atoms with Crippen LogP contribution in [0.2, 0.25) is 0 Å². The highest BCUT2D eigenvalue weighted by Gasteiger charge is 2.24.